The average Bonchev–Trinajstić information content (AvgIpc) is 2.88. The van der Waals surface area contributed by atoms with E-state index in [-0.39, 0.29) is 16.8 Å². The molecule has 1 N–H and O–H groups in total. The van der Waals surface area contributed by atoms with Gasteiger partial charge in [-0.25, -0.2) is 4.98 Å². The molecule has 2 aromatic heterocycles. The van der Waals surface area contributed by atoms with Crippen LogP contribution >= 0.6 is 11.8 Å². The number of fused-ring (bicyclic) bond motifs is 1. The van der Waals surface area contributed by atoms with Gasteiger partial charge in [-0.3, -0.25) is 9.59 Å². The third kappa shape index (κ3) is 3.31. The number of aromatic amines is 1. The first-order chi connectivity index (χ1) is 12.3. The highest BCUT2D eigenvalue weighted by Crippen LogP contribution is 2.29. The van der Waals surface area contributed by atoms with Crippen molar-refractivity contribution < 1.29 is 9.59 Å². The van der Waals surface area contributed by atoms with Crippen molar-refractivity contribution in [1.29, 1.82) is 0 Å². The monoisotopic (exact) mass is 366 g/mol. The second-order valence-electron chi connectivity index (χ2n) is 6.60. The number of carbonyl (C=O) groups is 2. The maximum Gasteiger partial charge on any atom is 0.192 e. The van der Waals surface area contributed by atoms with E-state index in [1.54, 1.807) is 0 Å². The number of H-pyrrole nitrogens is 1. The Hall–Kier alpha value is -2.40. The highest BCUT2D eigenvalue weighted by atomic mass is 32.2. The highest BCUT2D eigenvalue weighted by molar-refractivity contribution is 8.00. The van der Waals surface area contributed by atoms with Crippen LogP contribution in [0, 0.1) is 20.8 Å². The SMILES string of the molecule is CC(=O)c1c(C)[nH]c(C(=O)[C@@H](C)Sc2cc(C)c3ccccc3n2)c1C. The minimum absolute atomic E-state index is 0.0179. The van der Waals surface area contributed by atoms with Gasteiger partial charge in [0.1, 0.15) is 0 Å². The molecule has 0 aliphatic heterocycles. The zero-order valence-corrected chi connectivity index (χ0v) is 16.5. The Morgan fingerprint density at radius 2 is 1.85 bits per heavy atom. The number of rotatable bonds is 5. The quantitative estimate of drug-likeness (QED) is 0.507. The minimum atomic E-state index is -0.306. The molecule has 0 saturated carbocycles. The van der Waals surface area contributed by atoms with Crippen LogP contribution in [0.5, 0.6) is 0 Å². The fourth-order valence-corrected chi connectivity index (χ4v) is 4.32. The lowest BCUT2D eigenvalue weighted by Crippen LogP contribution is -2.15. The summed E-state index contributed by atoms with van der Waals surface area (Å²) in [7, 11) is 0. The predicted octanol–water partition coefficient (Wildman–Crippen LogP) is 5.05. The number of pyridine rings is 1. The van der Waals surface area contributed by atoms with Gasteiger partial charge in [0.2, 0.25) is 0 Å². The van der Waals surface area contributed by atoms with E-state index in [9.17, 15) is 9.59 Å². The molecule has 5 heteroatoms. The molecule has 3 rings (SSSR count). The smallest absolute Gasteiger partial charge is 0.192 e. The number of ketones is 2. The molecule has 0 fully saturated rings. The molecule has 0 aliphatic rings. The molecule has 0 saturated heterocycles. The standard InChI is InChI=1S/C21H22N2O2S/c1-11-10-18(23-17-9-7-6-8-16(11)17)26-15(5)21(25)20-12(2)19(14(4)24)13(3)22-20/h6-10,15,22H,1-5H3/t15-/m1/s1. The summed E-state index contributed by atoms with van der Waals surface area (Å²) in [6, 6.07) is 10.0. The summed E-state index contributed by atoms with van der Waals surface area (Å²) in [5.74, 6) is -0.0434. The van der Waals surface area contributed by atoms with Crippen LogP contribution < -0.4 is 0 Å². The van der Waals surface area contributed by atoms with Crippen LogP contribution in [0.3, 0.4) is 0 Å². The number of carbonyl (C=O) groups excluding carboxylic acids is 2. The van der Waals surface area contributed by atoms with E-state index in [1.165, 1.54) is 18.7 Å². The van der Waals surface area contributed by atoms with Crippen molar-refractivity contribution in [2.75, 3.05) is 0 Å². The Balaban J connectivity index is 1.89. The van der Waals surface area contributed by atoms with E-state index < -0.39 is 0 Å². The molecule has 134 valence electrons. The maximum absolute atomic E-state index is 12.9. The number of Topliss-reactive ketones (excluding diaryl/α,β-unsaturated/α-hetero) is 2. The fraction of sp³-hybridized carbons (Fsp3) is 0.286. The molecule has 0 aliphatic carbocycles. The van der Waals surface area contributed by atoms with Crippen LogP contribution in [0.15, 0.2) is 35.4 Å². The van der Waals surface area contributed by atoms with Gasteiger partial charge in [0.25, 0.3) is 0 Å². The van der Waals surface area contributed by atoms with Crippen molar-refractivity contribution in [3.63, 3.8) is 0 Å². The number of thioether (sulfide) groups is 1. The number of aryl methyl sites for hydroxylation is 2. The zero-order chi connectivity index (χ0) is 19.0. The Morgan fingerprint density at radius 1 is 1.15 bits per heavy atom. The van der Waals surface area contributed by atoms with Crippen LogP contribution in [0.1, 0.15) is 51.5 Å². The van der Waals surface area contributed by atoms with Crippen molar-refractivity contribution >= 4 is 34.2 Å². The molecule has 1 aromatic carbocycles. The molecule has 0 amide bonds. The van der Waals surface area contributed by atoms with Gasteiger partial charge in [0, 0.05) is 16.6 Å². The van der Waals surface area contributed by atoms with Crippen molar-refractivity contribution in [3.05, 3.63) is 58.4 Å². The summed E-state index contributed by atoms with van der Waals surface area (Å²) in [6.45, 7) is 9.10. The number of aromatic nitrogens is 2. The first-order valence-electron chi connectivity index (χ1n) is 8.57. The summed E-state index contributed by atoms with van der Waals surface area (Å²) < 4.78 is 0. The third-order valence-electron chi connectivity index (χ3n) is 4.60. The van der Waals surface area contributed by atoms with E-state index in [0.717, 1.165) is 32.7 Å². The van der Waals surface area contributed by atoms with Crippen molar-refractivity contribution in [1.82, 2.24) is 9.97 Å². The van der Waals surface area contributed by atoms with Gasteiger partial charge >= 0.3 is 0 Å². The summed E-state index contributed by atoms with van der Waals surface area (Å²) in [5.41, 5.74) is 4.68. The van der Waals surface area contributed by atoms with E-state index in [4.69, 9.17) is 0 Å². The highest BCUT2D eigenvalue weighted by Gasteiger charge is 2.24. The van der Waals surface area contributed by atoms with Gasteiger partial charge in [0.05, 0.1) is 21.5 Å². The molecule has 0 spiro atoms. The van der Waals surface area contributed by atoms with Crippen LogP contribution in [0.4, 0.5) is 0 Å². The predicted molar refractivity (Wildman–Crippen MR) is 106 cm³/mol. The summed E-state index contributed by atoms with van der Waals surface area (Å²) in [4.78, 5) is 32.5. The zero-order valence-electron chi connectivity index (χ0n) is 15.6. The Morgan fingerprint density at radius 3 is 2.50 bits per heavy atom. The molecule has 4 nitrogen and oxygen atoms in total. The lowest BCUT2D eigenvalue weighted by atomic mass is 10.0. The summed E-state index contributed by atoms with van der Waals surface area (Å²) >= 11 is 1.44. The van der Waals surface area contributed by atoms with Gasteiger partial charge in [-0.2, -0.15) is 0 Å². The van der Waals surface area contributed by atoms with Crippen LogP contribution in [-0.4, -0.2) is 26.8 Å². The molecule has 3 aromatic rings. The lowest BCUT2D eigenvalue weighted by Gasteiger charge is -2.11. The molecule has 1 atom stereocenters. The normalized spacial score (nSPS) is 12.3. The summed E-state index contributed by atoms with van der Waals surface area (Å²) in [5, 5.41) is 1.65. The molecular formula is C21H22N2O2S. The Labute approximate surface area is 157 Å². The Kier molecular flexibility index (Phi) is 5.01. The van der Waals surface area contributed by atoms with Gasteiger partial charge in [-0.15, -0.1) is 0 Å². The maximum atomic E-state index is 12.9. The van der Waals surface area contributed by atoms with Gasteiger partial charge in [-0.1, -0.05) is 30.0 Å². The van der Waals surface area contributed by atoms with Gasteiger partial charge < -0.3 is 4.98 Å². The van der Waals surface area contributed by atoms with E-state index >= 15 is 0 Å². The van der Waals surface area contributed by atoms with Crippen LogP contribution in [-0.2, 0) is 0 Å². The average molecular weight is 366 g/mol. The van der Waals surface area contributed by atoms with Crippen molar-refractivity contribution in [2.24, 2.45) is 0 Å². The Bertz CT molecular complexity index is 1020. The second kappa shape index (κ2) is 7.08. The molecule has 2 heterocycles. The van der Waals surface area contributed by atoms with E-state index in [2.05, 4.69) is 23.0 Å². The van der Waals surface area contributed by atoms with E-state index in [0.29, 0.717) is 11.3 Å². The number of hydrogen-bond acceptors (Lipinski definition) is 4. The number of nitrogens with one attached hydrogen (secondary N) is 1. The molecule has 0 bridgehead atoms. The number of hydrogen-bond donors (Lipinski definition) is 1. The largest absolute Gasteiger partial charge is 0.355 e. The van der Waals surface area contributed by atoms with Crippen LogP contribution in [0.25, 0.3) is 10.9 Å². The van der Waals surface area contributed by atoms with Gasteiger partial charge in [0.15, 0.2) is 11.6 Å². The molecular weight excluding hydrogens is 344 g/mol. The lowest BCUT2D eigenvalue weighted by molar-refractivity contribution is 0.0988. The fourth-order valence-electron chi connectivity index (χ4n) is 3.34. The summed E-state index contributed by atoms with van der Waals surface area (Å²) in [6.07, 6.45) is 0. The first kappa shape index (κ1) is 18.4. The molecule has 0 unspecified atom stereocenters. The first-order valence-corrected chi connectivity index (χ1v) is 9.45. The number of benzene rings is 1. The van der Waals surface area contributed by atoms with Crippen molar-refractivity contribution in [2.45, 2.75) is 44.9 Å². The van der Waals surface area contributed by atoms with Gasteiger partial charge in [-0.05, 0) is 57.9 Å². The molecule has 26 heavy (non-hydrogen) atoms. The van der Waals surface area contributed by atoms with Crippen molar-refractivity contribution in [3.8, 4) is 0 Å². The minimum Gasteiger partial charge on any atom is -0.355 e. The number of para-hydroxylation sites is 1. The molecule has 0 radical (unpaired) electrons. The third-order valence-corrected chi connectivity index (χ3v) is 5.62. The van der Waals surface area contributed by atoms with E-state index in [1.807, 2.05) is 45.0 Å². The van der Waals surface area contributed by atoms with Crippen LogP contribution in [0.2, 0.25) is 0 Å². The second-order valence-corrected chi connectivity index (χ2v) is 7.96. The topological polar surface area (TPSA) is 62.8 Å². The number of nitrogens with zero attached hydrogens (tertiary/aromatic N) is 1.